The Hall–Kier alpha value is -1.55. The first kappa shape index (κ1) is 34.3. The van der Waals surface area contributed by atoms with Crippen molar-refractivity contribution in [3.63, 3.8) is 0 Å². The van der Waals surface area contributed by atoms with Gasteiger partial charge in [-0.15, -0.1) is 0 Å². The fourth-order valence-electron chi connectivity index (χ4n) is 9.75. The highest BCUT2D eigenvalue weighted by atomic mass is 16.7. The fourth-order valence-corrected chi connectivity index (χ4v) is 9.75. The standard InChI is InChI=1S/C35H56O8/c1-20(2)22-11-17-34(7)27(32(22,5)15-14-28(37)38)10-9-23-24(12-16-33(23,34)6)35(8,41)18-13-26(21(3)4)43-31-30(40)29(39)25(36)19-42-31/h9-10,22-27,29-31,36,39-41H,1,3,11-19H2,2,4-8H3,(H,37,38)/t22-,23+,24-,25-,26?,27+,29-,30+,31-,32-,33+,34+,35-/m0/s1. The number of carbonyl (C=O) groups is 1. The van der Waals surface area contributed by atoms with Gasteiger partial charge in [-0.2, -0.15) is 0 Å². The van der Waals surface area contributed by atoms with Crippen molar-refractivity contribution in [2.24, 2.45) is 39.9 Å². The number of hydrogen-bond donors (Lipinski definition) is 5. The Kier molecular flexibility index (Phi) is 9.84. The summed E-state index contributed by atoms with van der Waals surface area (Å²) in [4.78, 5) is 11.7. The lowest BCUT2D eigenvalue weighted by Crippen LogP contribution is -2.58. The van der Waals surface area contributed by atoms with E-state index < -0.39 is 42.3 Å². The average Bonchev–Trinajstić information content (AvgIpc) is 3.28. The van der Waals surface area contributed by atoms with Crippen LogP contribution in [0.15, 0.2) is 36.5 Å². The number of hydrogen-bond acceptors (Lipinski definition) is 7. The van der Waals surface area contributed by atoms with Crippen molar-refractivity contribution in [2.75, 3.05) is 6.61 Å². The van der Waals surface area contributed by atoms with Crippen LogP contribution in [0.4, 0.5) is 0 Å². The molecule has 1 aliphatic heterocycles. The summed E-state index contributed by atoms with van der Waals surface area (Å²) in [5.74, 6) is -0.0554. The van der Waals surface area contributed by atoms with Crippen LogP contribution in [0, 0.1) is 39.9 Å². The topological polar surface area (TPSA) is 137 Å². The summed E-state index contributed by atoms with van der Waals surface area (Å²) in [5.41, 5.74) is 0.576. The highest BCUT2D eigenvalue weighted by Crippen LogP contribution is 2.72. The first-order valence-electron chi connectivity index (χ1n) is 16.1. The van der Waals surface area contributed by atoms with E-state index in [2.05, 4.69) is 53.0 Å². The molecule has 3 fully saturated rings. The normalized spacial score (nSPS) is 44.6. The maximum atomic E-state index is 12.0. The Morgan fingerprint density at radius 1 is 1.07 bits per heavy atom. The number of aliphatic hydroxyl groups excluding tert-OH is 3. The van der Waals surface area contributed by atoms with Gasteiger partial charge >= 0.3 is 5.97 Å². The van der Waals surface area contributed by atoms with E-state index in [-0.39, 0.29) is 52.9 Å². The van der Waals surface area contributed by atoms with Crippen LogP contribution in [0.5, 0.6) is 0 Å². The number of ether oxygens (including phenoxy) is 2. The molecule has 0 aromatic carbocycles. The van der Waals surface area contributed by atoms with Gasteiger partial charge in [0.05, 0.1) is 18.3 Å². The molecule has 8 nitrogen and oxygen atoms in total. The third-order valence-electron chi connectivity index (χ3n) is 12.6. The molecule has 4 rings (SSSR count). The zero-order chi connectivity index (χ0) is 32.1. The molecule has 13 atom stereocenters. The SMILES string of the molecule is C=C(C)C(CC[C@](C)(O)[C@H]1CC[C@]2(C)[C@@H]1C=C[C@@H]1[C@@](C)(CCC(=O)O)[C@H](C(=C)C)CC[C@]12C)O[C@@H]1OC[C@H](O)[C@H](O)[C@H]1O. The van der Waals surface area contributed by atoms with E-state index in [0.29, 0.717) is 19.3 Å². The van der Waals surface area contributed by atoms with E-state index in [1.54, 1.807) is 0 Å². The summed E-state index contributed by atoms with van der Waals surface area (Å²) in [6.45, 7) is 21.2. The van der Waals surface area contributed by atoms with Crippen molar-refractivity contribution in [1.82, 2.24) is 0 Å². The smallest absolute Gasteiger partial charge is 0.303 e. The summed E-state index contributed by atoms with van der Waals surface area (Å²) in [5, 5.41) is 51.9. The van der Waals surface area contributed by atoms with Crippen molar-refractivity contribution >= 4 is 5.97 Å². The van der Waals surface area contributed by atoms with Crippen molar-refractivity contribution < 1.29 is 39.8 Å². The molecule has 8 heteroatoms. The zero-order valence-electron chi connectivity index (χ0n) is 27.1. The predicted molar refractivity (Wildman–Crippen MR) is 165 cm³/mol. The molecule has 0 bridgehead atoms. The summed E-state index contributed by atoms with van der Waals surface area (Å²) < 4.78 is 11.5. The summed E-state index contributed by atoms with van der Waals surface area (Å²) >= 11 is 0. The molecule has 0 amide bonds. The van der Waals surface area contributed by atoms with Crippen LogP contribution in [0.25, 0.3) is 0 Å². The zero-order valence-corrected chi connectivity index (χ0v) is 27.1. The second-order valence-electron chi connectivity index (χ2n) is 15.3. The lowest BCUT2D eigenvalue weighted by Gasteiger charge is -2.64. The largest absolute Gasteiger partial charge is 0.481 e. The Morgan fingerprint density at radius 3 is 2.33 bits per heavy atom. The predicted octanol–water partition coefficient (Wildman–Crippen LogP) is 5.00. The average molecular weight is 605 g/mol. The van der Waals surface area contributed by atoms with Crippen LogP contribution in [-0.2, 0) is 14.3 Å². The molecule has 0 radical (unpaired) electrons. The monoisotopic (exact) mass is 604 g/mol. The third kappa shape index (κ3) is 6.05. The number of carboxylic acids is 1. The molecule has 43 heavy (non-hydrogen) atoms. The van der Waals surface area contributed by atoms with Gasteiger partial charge in [0.2, 0.25) is 0 Å². The minimum atomic E-state index is -1.39. The van der Waals surface area contributed by atoms with Crippen LogP contribution in [-0.4, -0.2) is 74.4 Å². The molecular weight excluding hydrogens is 548 g/mol. The first-order valence-corrected chi connectivity index (χ1v) is 16.1. The number of aliphatic hydroxyl groups is 4. The quantitative estimate of drug-likeness (QED) is 0.208. The summed E-state index contributed by atoms with van der Waals surface area (Å²) in [6, 6.07) is 0. The molecule has 4 aliphatic rings. The van der Waals surface area contributed by atoms with E-state index in [1.807, 2.05) is 13.8 Å². The van der Waals surface area contributed by atoms with Gasteiger partial charge in [0.15, 0.2) is 6.29 Å². The van der Waals surface area contributed by atoms with Crippen molar-refractivity contribution in [2.45, 2.75) is 129 Å². The van der Waals surface area contributed by atoms with Crippen LogP contribution in [0.3, 0.4) is 0 Å². The molecule has 0 aromatic rings. The van der Waals surface area contributed by atoms with E-state index >= 15 is 0 Å². The van der Waals surface area contributed by atoms with Crippen molar-refractivity contribution in [3.8, 4) is 0 Å². The summed E-state index contributed by atoms with van der Waals surface area (Å²) in [7, 11) is 0. The number of fused-ring (bicyclic) bond motifs is 3. The number of rotatable bonds is 11. The van der Waals surface area contributed by atoms with E-state index in [0.717, 1.165) is 36.8 Å². The summed E-state index contributed by atoms with van der Waals surface area (Å²) in [6.07, 6.45) is 4.78. The van der Waals surface area contributed by atoms with Crippen molar-refractivity contribution in [1.29, 1.82) is 0 Å². The third-order valence-corrected chi connectivity index (χ3v) is 12.6. The molecule has 0 aromatic heterocycles. The maximum absolute atomic E-state index is 12.0. The number of aliphatic carboxylic acids is 1. The lowest BCUT2D eigenvalue weighted by atomic mass is 9.40. The van der Waals surface area contributed by atoms with Gasteiger partial charge in [0, 0.05) is 6.42 Å². The lowest BCUT2D eigenvalue weighted by molar-refractivity contribution is -0.279. The highest BCUT2D eigenvalue weighted by Gasteiger charge is 2.66. The van der Waals surface area contributed by atoms with Gasteiger partial charge < -0.3 is 35.0 Å². The second-order valence-corrected chi connectivity index (χ2v) is 15.3. The second kappa shape index (κ2) is 12.3. The Morgan fingerprint density at radius 2 is 1.72 bits per heavy atom. The maximum Gasteiger partial charge on any atom is 0.303 e. The highest BCUT2D eigenvalue weighted by molar-refractivity contribution is 5.66. The van der Waals surface area contributed by atoms with E-state index in [1.165, 1.54) is 0 Å². The van der Waals surface area contributed by atoms with Gasteiger partial charge in [0.25, 0.3) is 0 Å². The van der Waals surface area contributed by atoms with Crippen LogP contribution < -0.4 is 0 Å². The molecule has 5 N–H and O–H groups in total. The number of carboxylic acid groups (broad SMARTS) is 1. The fraction of sp³-hybridized carbons (Fsp3) is 0.800. The molecule has 3 aliphatic carbocycles. The van der Waals surface area contributed by atoms with Crippen LogP contribution in [0.2, 0.25) is 0 Å². The molecule has 0 spiro atoms. The molecule has 2 saturated carbocycles. The van der Waals surface area contributed by atoms with E-state index in [4.69, 9.17) is 9.47 Å². The van der Waals surface area contributed by atoms with Gasteiger partial charge in [-0.05, 0) is 106 Å². The van der Waals surface area contributed by atoms with Crippen molar-refractivity contribution in [3.05, 3.63) is 36.5 Å². The Labute approximate surface area is 257 Å². The van der Waals surface area contributed by atoms with Crippen LogP contribution in [0.1, 0.15) is 92.9 Å². The molecule has 1 unspecified atom stereocenters. The molecule has 1 heterocycles. The Bertz CT molecular complexity index is 1100. The van der Waals surface area contributed by atoms with Crippen LogP contribution >= 0.6 is 0 Å². The molecule has 244 valence electrons. The minimum Gasteiger partial charge on any atom is -0.481 e. The Balaban J connectivity index is 1.54. The first-order chi connectivity index (χ1) is 19.9. The molecular formula is C35H56O8. The van der Waals surface area contributed by atoms with E-state index in [9.17, 15) is 30.3 Å². The van der Waals surface area contributed by atoms with Gasteiger partial charge in [-0.25, -0.2) is 0 Å². The minimum absolute atomic E-state index is 0.0370. The molecule has 1 saturated heterocycles. The van der Waals surface area contributed by atoms with Gasteiger partial charge in [0.1, 0.15) is 18.3 Å². The number of allylic oxidation sites excluding steroid dienone is 3. The van der Waals surface area contributed by atoms with Gasteiger partial charge in [-0.3, -0.25) is 4.79 Å². The van der Waals surface area contributed by atoms with Gasteiger partial charge in [-0.1, -0.05) is 57.2 Å².